The number of amides is 1. The average Bonchev–Trinajstić information content (AvgIpc) is 2.71. The molecule has 1 aromatic carbocycles. The lowest BCUT2D eigenvalue weighted by Crippen LogP contribution is -2.39. The molecule has 2 heterocycles. The molecule has 0 unspecified atom stereocenters. The van der Waals surface area contributed by atoms with Gasteiger partial charge in [-0.1, -0.05) is 6.07 Å². The summed E-state index contributed by atoms with van der Waals surface area (Å²) in [5.41, 5.74) is 4.16. The maximum Gasteiger partial charge on any atom is 0.227 e. The number of hydrogen-bond acceptors (Lipinski definition) is 5. The summed E-state index contributed by atoms with van der Waals surface area (Å²) in [5.74, 6) is 0.866. The molecule has 0 radical (unpaired) electrons. The molecule has 1 N–H and O–H groups in total. The average molecular weight is 430 g/mol. The molecule has 1 fully saturated rings. The fraction of sp³-hybridized carbons (Fsp3) is 0.455. The van der Waals surface area contributed by atoms with Crippen LogP contribution in [-0.4, -0.2) is 44.8 Å². The number of nitrogens with zero attached hydrogens (tertiary/aromatic N) is 2. The maximum atomic E-state index is 11.9. The normalized spacial score (nSPS) is 21.9. The molecule has 30 heavy (non-hydrogen) atoms. The monoisotopic (exact) mass is 429 g/mol. The molecule has 7 nitrogen and oxygen atoms in total. The van der Waals surface area contributed by atoms with Crippen LogP contribution in [0.3, 0.4) is 0 Å². The Bertz CT molecular complexity index is 1050. The minimum absolute atomic E-state index is 0.00943. The predicted octanol–water partition coefficient (Wildman–Crippen LogP) is 2.90. The Hall–Kier alpha value is -2.45. The number of rotatable bonds is 5. The first-order valence-corrected chi connectivity index (χ1v) is 12.2. The molecule has 1 aromatic heterocycles. The predicted molar refractivity (Wildman–Crippen MR) is 116 cm³/mol. The number of pyridine rings is 1. The van der Waals surface area contributed by atoms with Gasteiger partial charge < -0.3 is 9.64 Å². The quantitative estimate of drug-likeness (QED) is 0.790. The van der Waals surface area contributed by atoms with Crippen LogP contribution in [0.2, 0.25) is 0 Å². The van der Waals surface area contributed by atoms with E-state index >= 15 is 0 Å². The standard InChI is InChI=1S/C22H27N3O4S/c1-25-21-9-3-15(11-16(21)4-10-22(25)26)17-12-20(14-23-13-17)29-19-7-5-18(6-8-19)24-30(2,27)28/h3,9,11-14,18-19,24H,4-8,10H2,1-2H3/t18-,19-. The van der Waals surface area contributed by atoms with E-state index in [0.29, 0.717) is 6.42 Å². The summed E-state index contributed by atoms with van der Waals surface area (Å²) in [5, 5.41) is 0. The van der Waals surface area contributed by atoms with Crippen LogP contribution < -0.4 is 14.4 Å². The SMILES string of the molecule is CN1C(=O)CCc2cc(-c3cncc(O[C@H]4CC[C@H](NS(C)(=O)=O)CC4)c3)ccc21. The van der Waals surface area contributed by atoms with Gasteiger partial charge in [0.25, 0.3) is 0 Å². The fourth-order valence-electron chi connectivity index (χ4n) is 4.27. The minimum Gasteiger partial charge on any atom is -0.489 e. The number of fused-ring (bicyclic) bond motifs is 1. The molecular weight excluding hydrogens is 402 g/mol. The van der Waals surface area contributed by atoms with Gasteiger partial charge in [0, 0.05) is 37.0 Å². The van der Waals surface area contributed by atoms with Crippen molar-refractivity contribution in [1.29, 1.82) is 0 Å². The van der Waals surface area contributed by atoms with Crippen LogP contribution in [0.1, 0.15) is 37.7 Å². The van der Waals surface area contributed by atoms with Crippen LogP contribution in [0.5, 0.6) is 5.75 Å². The third-order valence-corrected chi connectivity index (χ3v) is 6.59. The highest BCUT2D eigenvalue weighted by Gasteiger charge is 2.25. The van der Waals surface area contributed by atoms with Crippen molar-refractivity contribution in [3.63, 3.8) is 0 Å². The Morgan fingerprint density at radius 1 is 1.07 bits per heavy atom. The molecule has 1 aliphatic heterocycles. The van der Waals surface area contributed by atoms with E-state index in [1.807, 2.05) is 31.4 Å². The van der Waals surface area contributed by atoms with E-state index in [2.05, 4.69) is 15.8 Å². The Kier molecular flexibility index (Phi) is 5.79. The highest BCUT2D eigenvalue weighted by atomic mass is 32.2. The van der Waals surface area contributed by atoms with Crippen molar-refractivity contribution in [3.8, 4) is 16.9 Å². The number of aromatic nitrogens is 1. The van der Waals surface area contributed by atoms with Crippen molar-refractivity contribution in [2.75, 3.05) is 18.2 Å². The van der Waals surface area contributed by atoms with Crippen molar-refractivity contribution in [2.24, 2.45) is 0 Å². The number of benzene rings is 1. The van der Waals surface area contributed by atoms with E-state index in [1.54, 1.807) is 11.1 Å². The van der Waals surface area contributed by atoms with Crippen LogP contribution in [0.15, 0.2) is 36.7 Å². The molecule has 1 aliphatic carbocycles. The van der Waals surface area contributed by atoms with E-state index in [0.717, 1.165) is 60.2 Å². The third kappa shape index (κ3) is 4.82. The van der Waals surface area contributed by atoms with Gasteiger partial charge in [0.15, 0.2) is 0 Å². The molecule has 4 rings (SSSR count). The highest BCUT2D eigenvalue weighted by molar-refractivity contribution is 7.88. The zero-order chi connectivity index (χ0) is 21.3. The summed E-state index contributed by atoms with van der Waals surface area (Å²) in [6.45, 7) is 0. The Balaban J connectivity index is 1.43. The first-order valence-electron chi connectivity index (χ1n) is 10.3. The Morgan fingerprint density at radius 2 is 1.83 bits per heavy atom. The lowest BCUT2D eigenvalue weighted by molar-refractivity contribution is -0.118. The topological polar surface area (TPSA) is 88.6 Å². The zero-order valence-electron chi connectivity index (χ0n) is 17.3. The van der Waals surface area contributed by atoms with Gasteiger partial charge in [-0.3, -0.25) is 9.78 Å². The van der Waals surface area contributed by atoms with Gasteiger partial charge in [-0.15, -0.1) is 0 Å². The van der Waals surface area contributed by atoms with Crippen LogP contribution in [0.25, 0.3) is 11.1 Å². The smallest absolute Gasteiger partial charge is 0.227 e. The van der Waals surface area contributed by atoms with Crippen molar-refractivity contribution in [1.82, 2.24) is 9.71 Å². The van der Waals surface area contributed by atoms with Crippen molar-refractivity contribution in [2.45, 2.75) is 50.7 Å². The second-order valence-electron chi connectivity index (χ2n) is 8.19. The van der Waals surface area contributed by atoms with E-state index in [-0.39, 0.29) is 18.1 Å². The fourth-order valence-corrected chi connectivity index (χ4v) is 5.11. The van der Waals surface area contributed by atoms with Gasteiger partial charge in [-0.05, 0) is 61.4 Å². The maximum absolute atomic E-state index is 11.9. The van der Waals surface area contributed by atoms with Crippen molar-refractivity contribution in [3.05, 3.63) is 42.2 Å². The van der Waals surface area contributed by atoms with Crippen LogP contribution in [0.4, 0.5) is 5.69 Å². The molecule has 2 aliphatic rings. The molecular formula is C22H27N3O4S. The van der Waals surface area contributed by atoms with E-state index in [4.69, 9.17) is 4.74 Å². The summed E-state index contributed by atoms with van der Waals surface area (Å²) in [7, 11) is -1.36. The molecule has 1 amide bonds. The molecule has 2 aromatic rings. The highest BCUT2D eigenvalue weighted by Crippen LogP contribution is 2.32. The number of carbonyl (C=O) groups is 1. The van der Waals surface area contributed by atoms with Gasteiger partial charge >= 0.3 is 0 Å². The van der Waals surface area contributed by atoms with Crippen LogP contribution in [0, 0.1) is 0 Å². The summed E-state index contributed by atoms with van der Waals surface area (Å²) in [4.78, 5) is 18.0. The number of anilines is 1. The van der Waals surface area contributed by atoms with Gasteiger partial charge in [0.2, 0.25) is 15.9 Å². The summed E-state index contributed by atoms with van der Waals surface area (Å²) < 4.78 is 31.6. The molecule has 0 saturated heterocycles. The largest absolute Gasteiger partial charge is 0.489 e. The number of hydrogen-bond donors (Lipinski definition) is 1. The molecule has 0 atom stereocenters. The van der Waals surface area contributed by atoms with E-state index in [9.17, 15) is 13.2 Å². The lowest BCUT2D eigenvalue weighted by atomic mass is 9.93. The van der Waals surface area contributed by atoms with Gasteiger partial charge in [0.1, 0.15) is 5.75 Å². The zero-order valence-corrected chi connectivity index (χ0v) is 18.1. The van der Waals surface area contributed by atoms with Gasteiger partial charge in [-0.2, -0.15) is 0 Å². The van der Waals surface area contributed by atoms with E-state index < -0.39 is 10.0 Å². The third-order valence-electron chi connectivity index (χ3n) is 5.83. The van der Waals surface area contributed by atoms with Crippen molar-refractivity contribution < 1.29 is 17.9 Å². The first-order chi connectivity index (χ1) is 14.3. The molecule has 8 heteroatoms. The minimum atomic E-state index is -3.17. The number of nitrogens with one attached hydrogen (secondary N) is 1. The Morgan fingerprint density at radius 3 is 2.57 bits per heavy atom. The van der Waals surface area contributed by atoms with Crippen molar-refractivity contribution >= 4 is 21.6 Å². The second-order valence-corrected chi connectivity index (χ2v) is 9.97. The first kappa shape index (κ1) is 20.8. The van der Waals surface area contributed by atoms with Gasteiger partial charge in [0.05, 0.1) is 18.6 Å². The number of aryl methyl sites for hydroxylation is 1. The molecule has 1 saturated carbocycles. The molecule has 0 spiro atoms. The molecule has 160 valence electrons. The number of ether oxygens (including phenoxy) is 1. The lowest BCUT2D eigenvalue weighted by Gasteiger charge is -2.29. The summed E-state index contributed by atoms with van der Waals surface area (Å²) in [6.07, 6.45) is 9.21. The van der Waals surface area contributed by atoms with E-state index in [1.165, 1.54) is 6.26 Å². The second kappa shape index (κ2) is 8.35. The number of carbonyl (C=O) groups excluding carboxylic acids is 1. The van der Waals surface area contributed by atoms with Crippen LogP contribution >= 0.6 is 0 Å². The molecule has 0 bridgehead atoms. The van der Waals surface area contributed by atoms with Gasteiger partial charge in [-0.25, -0.2) is 13.1 Å². The number of sulfonamides is 1. The summed E-state index contributed by atoms with van der Waals surface area (Å²) in [6, 6.07) is 8.11. The Labute approximate surface area is 177 Å². The van der Waals surface area contributed by atoms with Crippen LogP contribution in [-0.2, 0) is 21.2 Å². The summed E-state index contributed by atoms with van der Waals surface area (Å²) >= 11 is 0.